The maximum atomic E-state index is 13.2. The first-order valence-corrected chi connectivity index (χ1v) is 14.5. The summed E-state index contributed by atoms with van der Waals surface area (Å²) >= 11 is 10.3. The summed E-state index contributed by atoms with van der Waals surface area (Å²) in [7, 11) is 1.23. The molecule has 0 aliphatic carbocycles. The maximum Gasteiger partial charge on any atom is 0.416 e. The summed E-state index contributed by atoms with van der Waals surface area (Å²) in [5.41, 5.74) is 0.0114. The second kappa shape index (κ2) is 13.7. The molecule has 0 unspecified atom stereocenters. The van der Waals surface area contributed by atoms with Gasteiger partial charge in [-0.1, -0.05) is 45.7 Å². The number of hydrogen-bond acceptors (Lipinski definition) is 7. The summed E-state index contributed by atoms with van der Waals surface area (Å²) in [6, 6.07) is 13.1. The molecule has 1 aliphatic rings. The summed E-state index contributed by atoms with van der Waals surface area (Å²) < 4.78 is 56.7. The Labute approximate surface area is 262 Å². The van der Waals surface area contributed by atoms with E-state index in [1.165, 1.54) is 13.2 Å². The van der Waals surface area contributed by atoms with Gasteiger partial charge < -0.3 is 19.5 Å². The number of carbonyl (C=O) groups excluding carboxylic acids is 3. The van der Waals surface area contributed by atoms with Crippen molar-refractivity contribution in [3.63, 3.8) is 0 Å². The standard InChI is InChI=1S/C29H23BrClF3N2O6S/c1-3-41-23-10-17(19(30)13-24(23)42-15-16-6-4-5-7-20(16)31)11-25-27(38)36(28(39)43-25)14-26(37)35-21-12-18(29(32,33)34)8-9-22(21)40-2/h4-13H,3,14-15H2,1-2H3,(H,35,37)/b25-11-. The zero-order valence-electron chi connectivity index (χ0n) is 22.6. The van der Waals surface area contributed by atoms with E-state index in [0.29, 0.717) is 55.9 Å². The topological polar surface area (TPSA) is 94.2 Å². The molecule has 1 heterocycles. The van der Waals surface area contributed by atoms with Crippen molar-refractivity contribution in [2.24, 2.45) is 0 Å². The minimum Gasteiger partial charge on any atom is -0.495 e. The highest BCUT2D eigenvalue weighted by molar-refractivity contribution is 9.10. The number of anilines is 1. The zero-order valence-corrected chi connectivity index (χ0v) is 25.7. The van der Waals surface area contributed by atoms with Crippen LogP contribution in [-0.4, -0.2) is 42.2 Å². The Hall–Kier alpha value is -3.68. The largest absolute Gasteiger partial charge is 0.495 e. The third-order valence-electron chi connectivity index (χ3n) is 5.97. The first kappa shape index (κ1) is 32.2. The fraction of sp³-hybridized carbons (Fsp3) is 0.207. The van der Waals surface area contributed by atoms with Crippen LogP contribution < -0.4 is 19.5 Å². The number of halogens is 5. The Morgan fingerprint density at radius 3 is 2.47 bits per heavy atom. The number of hydrogen-bond donors (Lipinski definition) is 1. The molecule has 1 saturated heterocycles. The predicted octanol–water partition coefficient (Wildman–Crippen LogP) is 7.78. The van der Waals surface area contributed by atoms with Crippen LogP contribution in [0.1, 0.15) is 23.6 Å². The van der Waals surface area contributed by atoms with Crippen molar-refractivity contribution in [3.8, 4) is 17.2 Å². The van der Waals surface area contributed by atoms with Crippen LogP contribution in [-0.2, 0) is 22.4 Å². The van der Waals surface area contributed by atoms with Crippen LogP contribution in [0.5, 0.6) is 17.2 Å². The molecule has 43 heavy (non-hydrogen) atoms. The number of methoxy groups -OCH3 is 1. The van der Waals surface area contributed by atoms with Crippen molar-refractivity contribution in [2.45, 2.75) is 19.7 Å². The van der Waals surface area contributed by atoms with E-state index in [1.807, 2.05) is 18.2 Å². The van der Waals surface area contributed by atoms with Gasteiger partial charge in [0, 0.05) is 15.1 Å². The van der Waals surface area contributed by atoms with E-state index in [1.54, 1.807) is 25.1 Å². The van der Waals surface area contributed by atoms with E-state index in [9.17, 15) is 27.6 Å². The number of nitrogens with zero attached hydrogens (tertiary/aromatic N) is 1. The highest BCUT2D eigenvalue weighted by Crippen LogP contribution is 2.39. The second-order valence-corrected chi connectivity index (χ2v) is 11.1. The van der Waals surface area contributed by atoms with Gasteiger partial charge in [0.25, 0.3) is 11.1 Å². The molecule has 0 aromatic heterocycles. The number of nitrogens with one attached hydrogen (secondary N) is 1. The van der Waals surface area contributed by atoms with Crippen LogP contribution in [0.2, 0.25) is 5.02 Å². The quantitative estimate of drug-likeness (QED) is 0.216. The highest BCUT2D eigenvalue weighted by atomic mass is 79.9. The van der Waals surface area contributed by atoms with Crippen molar-refractivity contribution in [3.05, 3.63) is 85.7 Å². The van der Waals surface area contributed by atoms with Crippen LogP contribution in [0.3, 0.4) is 0 Å². The van der Waals surface area contributed by atoms with E-state index in [0.717, 1.165) is 17.7 Å². The number of alkyl halides is 3. The minimum absolute atomic E-state index is 0.0235. The molecule has 1 fully saturated rings. The minimum atomic E-state index is -4.65. The summed E-state index contributed by atoms with van der Waals surface area (Å²) in [6.45, 7) is 1.58. The molecule has 0 saturated carbocycles. The molecule has 226 valence electrons. The molecule has 0 bridgehead atoms. The van der Waals surface area contributed by atoms with Crippen molar-refractivity contribution >= 4 is 68.1 Å². The number of carbonyl (C=O) groups is 3. The average molecular weight is 700 g/mol. The van der Waals surface area contributed by atoms with Crippen molar-refractivity contribution in [2.75, 3.05) is 25.6 Å². The first-order chi connectivity index (χ1) is 20.4. The van der Waals surface area contributed by atoms with Gasteiger partial charge in [-0.2, -0.15) is 13.2 Å². The maximum absolute atomic E-state index is 13.2. The van der Waals surface area contributed by atoms with E-state index < -0.39 is 35.3 Å². The first-order valence-electron chi connectivity index (χ1n) is 12.5. The zero-order chi connectivity index (χ0) is 31.3. The molecule has 4 rings (SSSR count). The molecule has 14 heteroatoms. The van der Waals surface area contributed by atoms with Crippen molar-refractivity contribution < 1.29 is 41.8 Å². The Bertz CT molecular complexity index is 1600. The number of thioether (sulfide) groups is 1. The van der Waals surface area contributed by atoms with Crippen molar-refractivity contribution in [1.82, 2.24) is 4.90 Å². The molecule has 0 radical (unpaired) electrons. The Morgan fingerprint density at radius 2 is 1.79 bits per heavy atom. The summed E-state index contributed by atoms with van der Waals surface area (Å²) in [6.07, 6.45) is -3.19. The van der Waals surface area contributed by atoms with Crippen LogP contribution in [0, 0.1) is 0 Å². The lowest BCUT2D eigenvalue weighted by molar-refractivity contribution is -0.137. The highest BCUT2D eigenvalue weighted by Gasteiger charge is 2.37. The Kier molecular flexibility index (Phi) is 10.3. The van der Waals surface area contributed by atoms with E-state index in [2.05, 4.69) is 21.2 Å². The molecule has 8 nitrogen and oxygen atoms in total. The van der Waals surface area contributed by atoms with Crippen LogP contribution >= 0.6 is 39.3 Å². The fourth-order valence-corrected chi connectivity index (χ4v) is 5.36. The average Bonchev–Trinajstić information content (AvgIpc) is 3.21. The summed E-state index contributed by atoms with van der Waals surface area (Å²) in [4.78, 5) is 39.1. The Balaban J connectivity index is 1.51. The molecular formula is C29H23BrClF3N2O6S. The number of benzene rings is 3. The van der Waals surface area contributed by atoms with Gasteiger partial charge in [-0.05, 0) is 66.7 Å². The number of imide groups is 1. The summed E-state index contributed by atoms with van der Waals surface area (Å²) in [5.74, 6) is -0.853. The molecular weight excluding hydrogens is 677 g/mol. The van der Waals surface area contributed by atoms with Gasteiger partial charge in [0.05, 0.1) is 29.9 Å². The third kappa shape index (κ3) is 7.84. The van der Waals surface area contributed by atoms with Crippen molar-refractivity contribution in [1.29, 1.82) is 0 Å². The van der Waals surface area contributed by atoms with Gasteiger partial charge in [0.1, 0.15) is 18.9 Å². The van der Waals surface area contributed by atoms with Gasteiger partial charge in [-0.3, -0.25) is 19.3 Å². The molecule has 3 aromatic carbocycles. The van der Waals surface area contributed by atoms with Crippen LogP contribution in [0.15, 0.2) is 64.0 Å². The molecule has 1 N–H and O–H groups in total. The fourth-order valence-electron chi connectivity index (χ4n) is 3.91. The van der Waals surface area contributed by atoms with Crippen LogP contribution in [0.25, 0.3) is 6.08 Å². The van der Waals surface area contributed by atoms with Gasteiger partial charge in [0.2, 0.25) is 5.91 Å². The lowest BCUT2D eigenvalue weighted by atomic mass is 10.1. The SMILES string of the molecule is CCOc1cc(/C=C2\SC(=O)N(CC(=O)Nc3cc(C(F)(F)F)ccc3OC)C2=O)c(Br)cc1OCc1ccccc1Cl. The lowest BCUT2D eigenvalue weighted by Crippen LogP contribution is -2.36. The van der Waals surface area contributed by atoms with E-state index in [4.69, 9.17) is 25.8 Å². The smallest absolute Gasteiger partial charge is 0.416 e. The monoisotopic (exact) mass is 698 g/mol. The normalized spacial score (nSPS) is 14.3. The van der Waals surface area contributed by atoms with Gasteiger partial charge >= 0.3 is 6.18 Å². The number of rotatable bonds is 10. The van der Waals surface area contributed by atoms with Gasteiger partial charge in [-0.15, -0.1) is 0 Å². The molecule has 3 amide bonds. The molecule has 3 aromatic rings. The molecule has 0 spiro atoms. The van der Waals surface area contributed by atoms with Crippen LogP contribution in [0.4, 0.5) is 23.7 Å². The van der Waals surface area contributed by atoms with E-state index in [-0.39, 0.29) is 22.9 Å². The van der Waals surface area contributed by atoms with Gasteiger partial charge in [0.15, 0.2) is 11.5 Å². The van der Waals surface area contributed by atoms with E-state index >= 15 is 0 Å². The predicted molar refractivity (Wildman–Crippen MR) is 160 cm³/mol. The Morgan fingerprint density at radius 1 is 1.07 bits per heavy atom. The molecule has 1 aliphatic heterocycles. The second-order valence-electron chi connectivity index (χ2n) is 8.86. The number of amides is 3. The van der Waals surface area contributed by atoms with Gasteiger partial charge in [-0.25, -0.2) is 0 Å². The third-order valence-corrected chi connectivity index (χ3v) is 7.93. The summed E-state index contributed by atoms with van der Waals surface area (Å²) in [5, 5.41) is 2.12. The lowest BCUT2D eigenvalue weighted by Gasteiger charge is -2.16. The number of ether oxygens (including phenoxy) is 3. The molecule has 0 atom stereocenters.